The van der Waals surface area contributed by atoms with E-state index in [1.54, 1.807) is 31.4 Å². The molecule has 2 heterocycles. The number of amides is 1. The number of aryl methyl sites for hydroxylation is 1. The molecule has 3 aromatic rings. The topological polar surface area (TPSA) is 81.2 Å². The molecule has 9 heteroatoms. The summed E-state index contributed by atoms with van der Waals surface area (Å²) in [5.41, 5.74) is 3.74. The van der Waals surface area contributed by atoms with Crippen molar-refractivity contribution in [2.24, 2.45) is 0 Å². The van der Waals surface area contributed by atoms with Gasteiger partial charge in [-0.05, 0) is 54.4 Å². The second-order valence-electron chi connectivity index (χ2n) is 9.18. The van der Waals surface area contributed by atoms with E-state index in [9.17, 15) is 9.59 Å². The maximum Gasteiger partial charge on any atom is 0.337 e. The van der Waals surface area contributed by atoms with Gasteiger partial charge in [-0.15, -0.1) is 0 Å². The quantitative estimate of drug-likeness (QED) is 0.292. The number of ether oxygens (including phenoxy) is 3. The highest BCUT2D eigenvalue weighted by atomic mass is 35.5. The largest absolute Gasteiger partial charge is 0.497 e. The van der Waals surface area contributed by atoms with E-state index < -0.39 is 0 Å². The van der Waals surface area contributed by atoms with E-state index in [1.165, 1.54) is 7.11 Å². The van der Waals surface area contributed by atoms with Crippen LogP contribution in [-0.4, -0.2) is 73.6 Å². The van der Waals surface area contributed by atoms with E-state index in [-0.39, 0.29) is 18.0 Å². The molecule has 0 spiro atoms. The molecule has 38 heavy (non-hydrogen) atoms. The molecule has 1 fully saturated rings. The number of rotatable bonds is 9. The second-order valence-corrected chi connectivity index (χ2v) is 9.56. The third kappa shape index (κ3) is 7.10. The van der Waals surface area contributed by atoms with Crippen molar-refractivity contribution in [1.29, 1.82) is 0 Å². The van der Waals surface area contributed by atoms with Gasteiger partial charge in [0.2, 0.25) is 0 Å². The SMILES string of the molecule is COC(=O)c1ccc(COC(CN2CCN(C(=O)c3cc(C)nc(Cl)c3)CC2)c2cccc(OC)c2)cc1. The number of carbonyl (C=O) groups excluding carboxylic acids is 2. The number of pyridine rings is 1. The first kappa shape index (κ1) is 27.6. The lowest BCUT2D eigenvalue weighted by Gasteiger charge is -2.36. The number of halogens is 1. The maximum atomic E-state index is 13.0. The molecular weight excluding hydrogens is 506 g/mol. The molecule has 1 aliphatic heterocycles. The Morgan fingerprint density at radius 3 is 2.37 bits per heavy atom. The molecule has 0 saturated carbocycles. The van der Waals surface area contributed by atoms with Crippen LogP contribution in [0.5, 0.6) is 5.75 Å². The number of hydrogen-bond donors (Lipinski definition) is 0. The van der Waals surface area contributed by atoms with Crippen molar-refractivity contribution in [2.45, 2.75) is 19.6 Å². The predicted octanol–water partition coefficient (Wildman–Crippen LogP) is 4.55. The van der Waals surface area contributed by atoms with Crippen LogP contribution in [0.25, 0.3) is 0 Å². The van der Waals surface area contributed by atoms with Gasteiger partial charge >= 0.3 is 5.97 Å². The smallest absolute Gasteiger partial charge is 0.337 e. The molecular formula is C29H32ClN3O5. The summed E-state index contributed by atoms with van der Waals surface area (Å²) in [4.78, 5) is 33.1. The van der Waals surface area contributed by atoms with Crippen molar-refractivity contribution in [3.05, 3.63) is 93.8 Å². The van der Waals surface area contributed by atoms with E-state index in [4.69, 9.17) is 25.8 Å². The molecule has 1 atom stereocenters. The Morgan fingerprint density at radius 2 is 1.71 bits per heavy atom. The zero-order valence-corrected chi connectivity index (χ0v) is 22.6. The highest BCUT2D eigenvalue weighted by Gasteiger charge is 2.25. The van der Waals surface area contributed by atoms with Gasteiger partial charge in [-0.1, -0.05) is 35.9 Å². The summed E-state index contributed by atoms with van der Waals surface area (Å²) in [6.07, 6.45) is -0.214. The zero-order chi connectivity index (χ0) is 27.1. The Morgan fingerprint density at radius 1 is 0.974 bits per heavy atom. The average molecular weight is 538 g/mol. The van der Waals surface area contributed by atoms with Crippen molar-refractivity contribution < 1.29 is 23.8 Å². The number of benzene rings is 2. The van der Waals surface area contributed by atoms with Crippen LogP contribution in [0.15, 0.2) is 60.7 Å². The second kappa shape index (κ2) is 12.9. The highest BCUT2D eigenvalue weighted by Crippen LogP contribution is 2.25. The summed E-state index contributed by atoms with van der Waals surface area (Å²) >= 11 is 6.06. The summed E-state index contributed by atoms with van der Waals surface area (Å²) in [6, 6.07) is 18.5. The number of carbonyl (C=O) groups is 2. The third-order valence-electron chi connectivity index (χ3n) is 6.54. The number of nitrogens with zero attached hydrogens (tertiary/aromatic N) is 3. The van der Waals surface area contributed by atoms with E-state index in [0.29, 0.717) is 42.5 Å². The molecule has 0 radical (unpaired) electrons. The van der Waals surface area contributed by atoms with E-state index in [2.05, 4.69) is 9.88 Å². The first-order valence-electron chi connectivity index (χ1n) is 12.4. The van der Waals surface area contributed by atoms with Gasteiger partial charge in [0, 0.05) is 44.0 Å². The van der Waals surface area contributed by atoms with Crippen LogP contribution in [-0.2, 0) is 16.1 Å². The molecule has 1 aliphatic rings. The van der Waals surface area contributed by atoms with Crippen LogP contribution in [0.4, 0.5) is 0 Å². The molecule has 200 valence electrons. The number of esters is 1. The molecule has 0 bridgehead atoms. The lowest BCUT2D eigenvalue weighted by Crippen LogP contribution is -2.49. The van der Waals surface area contributed by atoms with Crippen LogP contribution < -0.4 is 4.74 Å². The van der Waals surface area contributed by atoms with Crippen molar-refractivity contribution >= 4 is 23.5 Å². The Labute approximate surface area is 228 Å². The summed E-state index contributed by atoms with van der Waals surface area (Å²) in [5.74, 6) is 0.361. The fraction of sp³-hybridized carbons (Fsp3) is 0.345. The minimum absolute atomic E-state index is 0.0342. The third-order valence-corrected chi connectivity index (χ3v) is 6.74. The van der Waals surface area contributed by atoms with Crippen molar-refractivity contribution in [3.8, 4) is 5.75 Å². The van der Waals surface area contributed by atoms with Crippen LogP contribution in [0.3, 0.4) is 0 Å². The number of aromatic nitrogens is 1. The molecule has 0 N–H and O–H groups in total. The normalized spacial score (nSPS) is 14.7. The minimum atomic E-state index is -0.369. The van der Waals surface area contributed by atoms with Crippen molar-refractivity contribution in [3.63, 3.8) is 0 Å². The van der Waals surface area contributed by atoms with E-state index in [0.717, 1.165) is 35.7 Å². The fourth-order valence-electron chi connectivity index (χ4n) is 4.45. The molecule has 1 aromatic heterocycles. The van der Waals surface area contributed by atoms with Gasteiger partial charge in [-0.25, -0.2) is 9.78 Å². The Kier molecular flexibility index (Phi) is 9.33. The van der Waals surface area contributed by atoms with Crippen LogP contribution in [0.1, 0.15) is 43.6 Å². The van der Waals surface area contributed by atoms with Gasteiger partial charge in [0.15, 0.2) is 0 Å². The van der Waals surface area contributed by atoms with Gasteiger partial charge in [0.05, 0.1) is 32.5 Å². The molecule has 1 amide bonds. The minimum Gasteiger partial charge on any atom is -0.497 e. The molecule has 8 nitrogen and oxygen atoms in total. The number of hydrogen-bond acceptors (Lipinski definition) is 7. The first-order valence-corrected chi connectivity index (χ1v) is 12.8. The fourth-order valence-corrected chi connectivity index (χ4v) is 4.70. The number of methoxy groups -OCH3 is 2. The van der Waals surface area contributed by atoms with Crippen LogP contribution in [0, 0.1) is 6.92 Å². The van der Waals surface area contributed by atoms with Crippen LogP contribution >= 0.6 is 11.6 Å². The van der Waals surface area contributed by atoms with Gasteiger partial charge in [-0.3, -0.25) is 9.69 Å². The van der Waals surface area contributed by atoms with Gasteiger partial charge in [0.25, 0.3) is 5.91 Å². The summed E-state index contributed by atoms with van der Waals surface area (Å²) in [6.45, 7) is 5.53. The van der Waals surface area contributed by atoms with Crippen molar-refractivity contribution in [2.75, 3.05) is 46.9 Å². The van der Waals surface area contributed by atoms with Gasteiger partial charge < -0.3 is 19.1 Å². The molecule has 0 aliphatic carbocycles. The lowest BCUT2D eigenvalue weighted by atomic mass is 10.1. The summed E-state index contributed by atoms with van der Waals surface area (Å²) < 4.78 is 16.6. The average Bonchev–Trinajstić information content (AvgIpc) is 2.94. The summed E-state index contributed by atoms with van der Waals surface area (Å²) in [7, 11) is 3.01. The Bertz CT molecular complexity index is 1240. The maximum absolute atomic E-state index is 13.0. The van der Waals surface area contributed by atoms with Crippen molar-refractivity contribution in [1.82, 2.24) is 14.8 Å². The molecule has 1 saturated heterocycles. The predicted molar refractivity (Wildman–Crippen MR) is 145 cm³/mol. The monoisotopic (exact) mass is 537 g/mol. The number of piperazine rings is 1. The first-order chi connectivity index (χ1) is 18.4. The summed E-state index contributed by atoms with van der Waals surface area (Å²) in [5, 5.41) is 0.324. The Balaban J connectivity index is 1.41. The Hall–Kier alpha value is -3.46. The van der Waals surface area contributed by atoms with Gasteiger partial charge in [-0.2, -0.15) is 0 Å². The highest BCUT2D eigenvalue weighted by molar-refractivity contribution is 6.29. The van der Waals surface area contributed by atoms with Gasteiger partial charge in [0.1, 0.15) is 10.9 Å². The molecule has 2 aromatic carbocycles. The van der Waals surface area contributed by atoms with Crippen LogP contribution in [0.2, 0.25) is 5.15 Å². The van der Waals surface area contributed by atoms with E-state index >= 15 is 0 Å². The molecule has 4 rings (SSSR count). The molecule has 1 unspecified atom stereocenters. The lowest BCUT2D eigenvalue weighted by molar-refractivity contribution is 0.00331. The standard InChI is InChI=1S/C29H32ClN3O5/c1-20-15-24(17-27(30)31-20)28(34)33-13-11-32(12-14-33)18-26(23-5-4-6-25(16-23)36-2)38-19-21-7-9-22(10-8-21)29(35)37-3/h4-10,15-17,26H,11-14,18-19H2,1-3H3. The zero-order valence-electron chi connectivity index (χ0n) is 21.9. The van der Waals surface area contributed by atoms with E-state index in [1.807, 2.05) is 48.2 Å².